The van der Waals surface area contributed by atoms with Crippen molar-refractivity contribution < 1.29 is 13.2 Å². The van der Waals surface area contributed by atoms with Gasteiger partial charge in [0.15, 0.2) is 0 Å². The van der Waals surface area contributed by atoms with Gasteiger partial charge in [-0.3, -0.25) is 4.90 Å². The monoisotopic (exact) mass is 312 g/mol. The van der Waals surface area contributed by atoms with E-state index in [1.807, 2.05) is 19.9 Å². The van der Waals surface area contributed by atoms with E-state index in [0.717, 1.165) is 19.6 Å². The predicted molar refractivity (Wildman–Crippen MR) is 82.7 cm³/mol. The highest BCUT2D eigenvalue weighted by molar-refractivity contribution is 7.89. The van der Waals surface area contributed by atoms with Crippen molar-refractivity contribution in [1.82, 2.24) is 9.21 Å². The molecule has 0 aliphatic carbocycles. The van der Waals surface area contributed by atoms with E-state index in [-0.39, 0.29) is 6.10 Å². The van der Waals surface area contributed by atoms with Crippen LogP contribution >= 0.6 is 0 Å². The number of ether oxygens (including phenoxy) is 1. The highest BCUT2D eigenvalue weighted by Crippen LogP contribution is 2.16. The second-order valence-corrected chi connectivity index (χ2v) is 7.42. The number of benzene rings is 1. The minimum atomic E-state index is -3.34. The van der Waals surface area contributed by atoms with Crippen LogP contribution in [0.3, 0.4) is 0 Å². The lowest BCUT2D eigenvalue weighted by atomic mass is 10.3. The summed E-state index contributed by atoms with van der Waals surface area (Å²) in [5, 5.41) is 0. The zero-order valence-corrected chi connectivity index (χ0v) is 13.6. The SMILES string of the molecule is CC(C)OCCN1CCN(S(=O)(=O)c2ccccc2)CC1. The topological polar surface area (TPSA) is 49.9 Å². The van der Waals surface area contributed by atoms with Gasteiger partial charge in [-0.2, -0.15) is 4.31 Å². The molecule has 0 bridgehead atoms. The number of hydrogen-bond donors (Lipinski definition) is 0. The predicted octanol–water partition coefficient (Wildman–Crippen LogP) is 1.42. The Morgan fingerprint density at radius 2 is 1.71 bits per heavy atom. The molecule has 1 aromatic rings. The second-order valence-electron chi connectivity index (χ2n) is 5.48. The lowest BCUT2D eigenvalue weighted by molar-refractivity contribution is 0.0521. The Kier molecular flexibility index (Phi) is 5.75. The van der Waals surface area contributed by atoms with Crippen LogP contribution in [-0.2, 0) is 14.8 Å². The molecule has 0 amide bonds. The zero-order chi connectivity index (χ0) is 15.3. The first kappa shape index (κ1) is 16.4. The summed E-state index contributed by atoms with van der Waals surface area (Å²) in [6, 6.07) is 8.64. The Morgan fingerprint density at radius 3 is 2.29 bits per heavy atom. The fourth-order valence-corrected chi connectivity index (χ4v) is 3.80. The number of piperazine rings is 1. The minimum absolute atomic E-state index is 0.241. The van der Waals surface area contributed by atoms with E-state index in [9.17, 15) is 8.42 Å². The van der Waals surface area contributed by atoms with Gasteiger partial charge in [-0.25, -0.2) is 8.42 Å². The fraction of sp³-hybridized carbons (Fsp3) is 0.600. The van der Waals surface area contributed by atoms with Crippen LogP contribution in [0.25, 0.3) is 0 Å². The second kappa shape index (κ2) is 7.35. The first-order valence-corrected chi connectivity index (χ1v) is 8.83. The lowest BCUT2D eigenvalue weighted by Gasteiger charge is -2.34. The van der Waals surface area contributed by atoms with Gasteiger partial charge in [-0.15, -0.1) is 0 Å². The Labute approximate surface area is 127 Å². The van der Waals surface area contributed by atoms with Crippen LogP contribution in [0.1, 0.15) is 13.8 Å². The lowest BCUT2D eigenvalue weighted by Crippen LogP contribution is -2.49. The maximum atomic E-state index is 12.5. The van der Waals surface area contributed by atoms with E-state index in [1.54, 1.807) is 28.6 Å². The molecule has 21 heavy (non-hydrogen) atoms. The molecule has 1 aromatic carbocycles. The first-order chi connectivity index (χ1) is 10.00. The maximum absolute atomic E-state index is 12.5. The van der Waals surface area contributed by atoms with Crippen LogP contribution in [-0.4, -0.2) is 63.1 Å². The van der Waals surface area contributed by atoms with E-state index >= 15 is 0 Å². The normalized spacial score (nSPS) is 18.2. The van der Waals surface area contributed by atoms with Crippen molar-refractivity contribution in [3.63, 3.8) is 0 Å². The standard InChI is InChI=1S/C15H24N2O3S/c1-14(2)20-13-12-16-8-10-17(11-9-16)21(18,19)15-6-4-3-5-7-15/h3-7,14H,8-13H2,1-2H3. The summed E-state index contributed by atoms with van der Waals surface area (Å²) in [5.74, 6) is 0. The number of rotatable bonds is 6. The molecule has 5 nitrogen and oxygen atoms in total. The summed E-state index contributed by atoms with van der Waals surface area (Å²) in [4.78, 5) is 2.63. The molecule has 1 aliphatic rings. The molecule has 0 radical (unpaired) electrons. The van der Waals surface area contributed by atoms with Gasteiger partial charge in [0.05, 0.1) is 17.6 Å². The quantitative estimate of drug-likeness (QED) is 0.797. The molecule has 0 aromatic heterocycles. The van der Waals surface area contributed by atoms with E-state index in [2.05, 4.69) is 4.90 Å². The molecule has 0 saturated carbocycles. The van der Waals surface area contributed by atoms with Crippen molar-refractivity contribution in [2.45, 2.75) is 24.8 Å². The van der Waals surface area contributed by atoms with Gasteiger partial charge in [-0.1, -0.05) is 18.2 Å². The van der Waals surface area contributed by atoms with Crippen molar-refractivity contribution in [1.29, 1.82) is 0 Å². The summed E-state index contributed by atoms with van der Waals surface area (Å²) in [5.41, 5.74) is 0. The van der Waals surface area contributed by atoms with Gasteiger partial charge in [0.1, 0.15) is 0 Å². The van der Waals surface area contributed by atoms with Crippen LogP contribution in [0.2, 0.25) is 0 Å². The number of sulfonamides is 1. The average molecular weight is 312 g/mol. The van der Waals surface area contributed by atoms with Gasteiger partial charge >= 0.3 is 0 Å². The summed E-state index contributed by atoms with van der Waals surface area (Å²) >= 11 is 0. The van der Waals surface area contributed by atoms with Gasteiger partial charge in [0.2, 0.25) is 10.0 Å². The molecular weight excluding hydrogens is 288 g/mol. The smallest absolute Gasteiger partial charge is 0.243 e. The van der Waals surface area contributed by atoms with Crippen LogP contribution in [0.15, 0.2) is 35.2 Å². The third-order valence-electron chi connectivity index (χ3n) is 3.57. The highest BCUT2D eigenvalue weighted by Gasteiger charge is 2.27. The van der Waals surface area contributed by atoms with Crippen LogP contribution in [0, 0.1) is 0 Å². The largest absolute Gasteiger partial charge is 0.377 e. The van der Waals surface area contributed by atoms with Crippen molar-refractivity contribution in [3.05, 3.63) is 30.3 Å². The first-order valence-electron chi connectivity index (χ1n) is 7.39. The molecule has 0 N–H and O–H groups in total. The van der Waals surface area contributed by atoms with Crippen molar-refractivity contribution in [2.75, 3.05) is 39.3 Å². The molecule has 0 spiro atoms. The summed E-state index contributed by atoms with van der Waals surface area (Å²) in [6.07, 6.45) is 0.241. The summed E-state index contributed by atoms with van der Waals surface area (Å²) in [6.45, 7) is 8.19. The molecule has 118 valence electrons. The Morgan fingerprint density at radius 1 is 1.10 bits per heavy atom. The Hall–Kier alpha value is -0.950. The Balaban J connectivity index is 1.86. The number of hydrogen-bond acceptors (Lipinski definition) is 4. The third-order valence-corrected chi connectivity index (χ3v) is 5.48. The van der Waals surface area contributed by atoms with Crippen LogP contribution < -0.4 is 0 Å². The maximum Gasteiger partial charge on any atom is 0.243 e. The molecule has 1 aliphatic heterocycles. The van der Waals surface area contributed by atoms with Crippen molar-refractivity contribution in [3.8, 4) is 0 Å². The highest BCUT2D eigenvalue weighted by atomic mass is 32.2. The minimum Gasteiger partial charge on any atom is -0.377 e. The molecule has 0 unspecified atom stereocenters. The van der Waals surface area contributed by atoms with Gasteiger partial charge in [0.25, 0.3) is 0 Å². The van der Waals surface area contributed by atoms with E-state index in [0.29, 0.717) is 24.6 Å². The van der Waals surface area contributed by atoms with Crippen molar-refractivity contribution in [2.24, 2.45) is 0 Å². The van der Waals surface area contributed by atoms with E-state index < -0.39 is 10.0 Å². The van der Waals surface area contributed by atoms with Crippen LogP contribution in [0.4, 0.5) is 0 Å². The molecule has 1 fully saturated rings. The van der Waals surface area contributed by atoms with E-state index in [4.69, 9.17) is 4.74 Å². The van der Waals surface area contributed by atoms with Crippen LogP contribution in [0.5, 0.6) is 0 Å². The molecule has 2 rings (SSSR count). The van der Waals surface area contributed by atoms with Crippen molar-refractivity contribution >= 4 is 10.0 Å². The van der Waals surface area contributed by atoms with Gasteiger partial charge in [0, 0.05) is 32.7 Å². The van der Waals surface area contributed by atoms with Gasteiger partial charge in [-0.05, 0) is 26.0 Å². The average Bonchev–Trinajstić information content (AvgIpc) is 2.48. The Bertz CT molecular complexity index is 523. The van der Waals surface area contributed by atoms with Gasteiger partial charge < -0.3 is 4.74 Å². The molecule has 0 atom stereocenters. The molecule has 1 saturated heterocycles. The third kappa shape index (κ3) is 4.51. The molecule has 1 heterocycles. The molecular formula is C15H24N2O3S. The number of nitrogens with zero attached hydrogens (tertiary/aromatic N) is 2. The summed E-state index contributed by atoms with van der Waals surface area (Å²) in [7, 11) is -3.34. The summed E-state index contributed by atoms with van der Waals surface area (Å²) < 4.78 is 32.1. The van der Waals surface area contributed by atoms with E-state index in [1.165, 1.54) is 0 Å². The molecule has 6 heteroatoms. The zero-order valence-electron chi connectivity index (χ0n) is 12.7. The fourth-order valence-electron chi connectivity index (χ4n) is 2.35.